The molecule has 4 nitrogen and oxygen atoms in total. The van der Waals surface area contributed by atoms with Crippen molar-refractivity contribution in [1.82, 2.24) is 5.32 Å². The summed E-state index contributed by atoms with van der Waals surface area (Å²) in [5.41, 5.74) is 1.28. The van der Waals surface area contributed by atoms with Gasteiger partial charge in [0.2, 0.25) is 0 Å². The van der Waals surface area contributed by atoms with Crippen molar-refractivity contribution in [3.05, 3.63) is 60.4 Å². The average molecular weight is 335 g/mol. The van der Waals surface area contributed by atoms with E-state index in [1.807, 2.05) is 18.2 Å². The van der Waals surface area contributed by atoms with Gasteiger partial charge in [-0.2, -0.15) is 0 Å². The van der Waals surface area contributed by atoms with Gasteiger partial charge in [-0.05, 0) is 40.8 Å². The molecule has 1 aromatic heterocycles. The Kier molecular flexibility index (Phi) is 3.96. The van der Waals surface area contributed by atoms with Gasteiger partial charge in [-0.15, -0.1) is 0 Å². The van der Waals surface area contributed by atoms with E-state index in [-0.39, 0.29) is 13.2 Å². The summed E-state index contributed by atoms with van der Waals surface area (Å²) in [7, 11) is 0. The van der Waals surface area contributed by atoms with E-state index in [4.69, 9.17) is 4.42 Å². The van der Waals surface area contributed by atoms with Crippen LogP contribution in [0.1, 0.15) is 12.5 Å². The minimum atomic E-state index is -0.716. The largest absolute Gasteiger partial charge is 0.464 e. The Hall–Kier alpha value is -2.40. The van der Waals surface area contributed by atoms with E-state index in [1.165, 1.54) is 5.39 Å². The van der Waals surface area contributed by atoms with Crippen molar-refractivity contribution in [2.24, 2.45) is 0 Å². The molecule has 128 valence electrons. The third kappa shape index (κ3) is 2.68. The lowest BCUT2D eigenvalue weighted by Crippen LogP contribution is -2.48. The van der Waals surface area contributed by atoms with Crippen LogP contribution in [0.2, 0.25) is 0 Å². The standard InChI is InChI=1S/C21H21NO3/c1-21(12-23,13-24)22-11-15-10-19-18(17-5-3-2-4-16(15)17)7-6-14-8-9-25-20(14)19/h2-10,22-24H,11-13H2,1H3. The SMILES string of the molecule is CC(CO)(CO)NCc1cc2c(ccc3ccoc32)c2ccccc12. The summed E-state index contributed by atoms with van der Waals surface area (Å²) in [6.45, 7) is 2.10. The van der Waals surface area contributed by atoms with Crippen LogP contribution < -0.4 is 5.32 Å². The average Bonchev–Trinajstić information content (AvgIpc) is 3.15. The molecule has 0 radical (unpaired) electrons. The minimum Gasteiger partial charge on any atom is -0.464 e. The summed E-state index contributed by atoms with van der Waals surface area (Å²) in [6, 6.07) is 16.6. The molecule has 1 heterocycles. The number of rotatable bonds is 5. The molecule has 0 bridgehead atoms. The van der Waals surface area contributed by atoms with E-state index in [2.05, 4.69) is 35.6 Å². The Labute approximate surface area is 145 Å². The smallest absolute Gasteiger partial charge is 0.141 e. The first kappa shape index (κ1) is 16.1. The fraction of sp³-hybridized carbons (Fsp3) is 0.238. The van der Waals surface area contributed by atoms with E-state index in [0.29, 0.717) is 6.54 Å². The number of hydrogen-bond donors (Lipinski definition) is 3. The molecule has 4 rings (SSSR count). The highest BCUT2D eigenvalue weighted by atomic mass is 16.3. The van der Waals surface area contributed by atoms with Crippen LogP contribution in [0, 0.1) is 0 Å². The van der Waals surface area contributed by atoms with Crippen molar-refractivity contribution >= 4 is 32.5 Å². The van der Waals surface area contributed by atoms with E-state index in [0.717, 1.165) is 32.7 Å². The summed E-state index contributed by atoms with van der Waals surface area (Å²) < 4.78 is 5.72. The number of aliphatic hydroxyl groups is 2. The Morgan fingerprint density at radius 2 is 1.64 bits per heavy atom. The maximum Gasteiger partial charge on any atom is 0.141 e. The molecule has 4 heteroatoms. The predicted octanol–water partition coefficient (Wildman–Crippen LogP) is 3.57. The molecule has 0 saturated carbocycles. The van der Waals surface area contributed by atoms with Crippen LogP contribution in [-0.2, 0) is 6.54 Å². The highest BCUT2D eigenvalue weighted by molar-refractivity contribution is 6.16. The Morgan fingerprint density at radius 3 is 2.40 bits per heavy atom. The van der Waals surface area contributed by atoms with Gasteiger partial charge in [0.1, 0.15) is 5.58 Å². The van der Waals surface area contributed by atoms with Crippen LogP contribution in [0.5, 0.6) is 0 Å². The molecular formula is C21H21NO3. The fourth-order valence-electron chi connectivity index (χ4n) is 3.30. The molecule has 0 fully saturated rings. The monoisotopic (exact) mass is 335 g/mol. The molecule has 0 aliphatic heterocycles. The number of hydrogen-bond acceptors (Lipinski definition) is 4. The zero-order valence-corrected chi connectivity index (χ0v) is 14.1. The number of nitrogens with one attached hydrogen (secondary N) is 1. The second-order valence-electron chi connectivity index (χ2n) is 6.81. The molecule has 0 unspecified atom stereocenters. The first-order chi connectivity index (χ1) is 12.1. The Bertz CT molecular complexity index is 1050. The Morgan fingerprint density at radius 1 is 0.920 bits per heavy atom. The zero-order valence-electron chi connectivity index (χ0n) is 14.1. The molecule has 0 amide bonds. The van der Waals surface area contributed by atoms with E-state index < -0.39 is 5.54 Å². The first-order valence-corrected chi connectivity index (χ1v) is 8.42. The molecule has 0 saturated heterocycles. The molecule has 0 atom stereocenters. The second-order valence-corrected chi connectivity index (χ2v) is 6.81. The van der Waals surface area contributed by atoms with Gasteiger partial charge in [-0.3, -0.25) is 0 Å². The molecule has 25 heavy (non-hydrogen) atoms. The number of aliphatic hydroxyl groups excluding tert-OH is 2. The van der Waals surface area contributed by atoms with Crippen molar-refractivity contribution in [3.8, 4) is 0 Å². The molecule has 0 aliphatic rings. The lowest BCUT2D eigenvalue weighted by Gasteiger charge is -2.26. The first-order valence-electron chi connectivity index (χ1n) is 8.42. The molecule has 3 aromatic carbocycles. The molecule has 0 aliphatic carbocycles. The van der Waals surface area contributed by atoms with Gasteiger partial charge in [0.15, 0.2) is 0 Å². The summed E-state index contributed by atoms with van der Waals surface area (Å²) in [5, 5.41) is 28.0. The maximum absolute atomic E-state index is 9.52. The van der Waals surface area contributed by atoms with Crippen molar-refractivity contribution in [2.75, 3.05) is 13.2 Å². The van der Waals surface area contributed by atoms with Crippen LogP contribution in [0.15, 0.2) is 59.2 Å². The van der Waals surface area contributed by atoms with E-state index in [9.17, 15) is 10.2 Å². The maximum atomic E-state index is 9.52. The topological polar surface area (TPSA) is 65.6 Å². The molecule has 3 N–H and O–H groups in total. The van der Waals surface area contributed by atoms with Crippen LogP contribution in [0.25, 0.3) is 32.5 Å². The quantitative estimate of drug-likeness (QED) is 0.488. The van der Waals surface area contributed by atoms with Crippen molar-refractivity contribution in [1.29, 1.82) is 0 Å². The molecular weight excluding hydrogens is 314 g/mol. The van der Waals surface area contributed by atoms with Crippen LogP contribution in [0.4, 0.5) is 0 Å². The van der Waals surface area contributed by atoms with Crippen molar-refractivity contribution in [3.63, 3.8) is 0 Å². The normalized spacial score (nSPS) is 12.4. The summed E-state index contributed by atoms with van der Waals surface area (Å²) in [6.07, 6.45) is 1.71. The highest BCUT2D eigenvalue weighted by Gasteiger charge is 2.22. The van der Waals surface area contributed by atoms with Gasteiger partial charge < -0.3 is 19.9 Å². The van der Waals surface area contributed by atoms with Crippen LogP contribution >= 0.6 is 0 Å². The lowest BCUT2D eigenvalue weighted by molar-refractivity contribution is 0.103. The molecule has 0 spiro atoms. The third-order valence-corrected chi connectivity index (χ3v) is 4.95. The van der Waals surface area contributed by atoms with Crippen molar-refractivity contribution < 1.29 is 14.6 Å². The third-order valence-electron chi connectivity index (χ3n) is 4.95. The number of fused-ring (bicyclic) bond motifs is 5. The van der Waals surface area contributed by atoms with Gasteiger partial charge in [-0.25, -0.2) is 0 Å². The number of furan rings is 1. The van der Waals surface area contributed by atoms with Gasteiger partial charge in [0.25, 0.3) is 0 Å². The van der Waals surface area contributed by atoms with Gasteiger partial charge in [0.05, 0.1) is 25.0 Å². The van der Waals surface area contributed by atoms with Crippen LogP contribution in [-0.4, -0.2) is 29.0 Å². The zero-order chi connectivity index (χ0) is 17.4. The van der Waals surface area contributed by atoms with E-state index in [1.54, 1.807) is 13.2 Å². The van der Waals surface area contributed by atoms with Gasteiger partial charge in [-0.1, -0.05) is 36.4 Å². The highest BCUT2D eigenvalue weighted by Crippen LogP contribution is 2.34. The summed E-state index contributed by atoms with van der Waals surface area (Å²) >= 11 is 0. The molecule has 4 aromatic rings. The lowest BCUT2D eigenvalue weighted by atomic mass is 9.95. The fourth-order valence-corrected chi connectivity index (χ4v) is 3.30. The minimum absolute atomic E-state index is 0.128. The number of benzene rings is 3. The van der Waals surface area contributed by atoms with Crippen molar-refractivity contribution in [2.45, 2.75) is 19.0 Å². The van der Waals surface area contributed by atoms with Crippen LogP contribution in [0.3, 0.4) is 0 Å². The summed E-state index contributed by atoms with van der Waals surface area (Å²) in [5.74, 6) is 0. The van der Waals surface area contributed by atoms with Gasteiger partial charge >= 0.3 is 0 Å². The second kappa shape index (κ2) is 6.15. The predicted molar refractivity (Wildman–Crippen MR) is 101 cm³/mol. The van der Waals surface area contributed by atoms with Gasteiger partial charge in [0, 0.05) is 17.3 Å². The summed E-state index contributed by atoms with van der Waals surface area (Å²) in [4.78, 5) is 0. The van der Waals surface area contributed by atoms with E-state index >= 15 is 0 Å². The Balaban J connectivity index is 1.92.